The van der Waals surface area contributed by atoms with Gasteiger partial charge in [-0.1, -0.05) is 37.3 Å². The van der Waals surface area contributed by atoms with Crippen molar-refractivity contribution in [3.05, 3.63) is 105 Å². The normalized spacial score (nSPS) is 20.2. The summed E-state index contributed by atoms with van der Waals surface area (Å²) in [7, 11) is 0. The second kappa shape index (κ2) is 9.14. The first-order valence-electron chi connectivity index (χ1n) is 11.7. The summed E-state index contributed by atoms with van der Waals surface area (Å²) in [5.41, 5.74) is 1.09. The van der Waals surface area contributed by atoms with Gasteiger partial charge in [0.15, 0.2) is 23.0 Å². The molecular weight excluding hydrogens is 468 g/mol. The van der Waals surface area contributed by atoms with Gasteiger partial charge in [0, 0.05) is 17.8 Å². The highest BCUT2D eigenvalue weighted by Crippen LogP contribution is 2.40. The Labute approximate surface area is 206 Å². The Morgan fingerprint density at radius 1 is 1.08 bits per heavy atom. The van der Waals surface area contributed by atoms with Gasteiger partial charge in [-0.3, -0.25) is 19.3 Å². The number of aryl methyl sites for hydroxylation is 1. The number of aromatic hydroxyl groups is 1. The Hall–Kier alpha value is -4.14. The molecular formula is C27H25F2N3O4. The average Bonchev–Trinajstić information content (AvgIpc) is 2.89. The number of rotatable bonds is 2. The molecule has 0 saturated carbocycles. The molecule has 2 bridgehead atoms. The third kappa shape index (κ3) is 3.71. The van der Waals surface area contributed by atoms with Crippen molar-refractivity contribution in [3.8, 4) is 11.5 Å². The van der Waals surface area contributed by atoms with E-state index in [1.165, 1.54) is 23.0 Å². The van der Waals surface area contributed by atoms with Gasteiger partial charge in [0.2, 0.25) is 11.2 Å². The van der Waals surface area contributed by atoms with E-state index in [0.29, 0.717) is 12.0 Å². The number of amides is 1. The Balaban J connectivity index is 1.87. The van der Waals surface area contributed by atoms with Gasteiger partial charge in [-0.2, -0.15) is 4.39 Å². The average molecular weight is 494 g/mol. The van der Waals surface area contributed by atoms with Gasteiger partial charge >= 0.3 is 0 Å². The summed E-state index contributed by atoms with van der Waals surface area (Å²) in [4.78, 5) is 27.5. The predicted molar refractivity (Wildman–Crippen MR) is 130 cm³/mol. The number of benzene rings is 2. The molecule has 0 unspecified atom stereocenters. The Kier molecular flexibility index (Phi) is 5.99. The van der Waals surface area contributed by atoms with E-state index in [-0.39, 0.29) is 24.7 Å². The molecule has 0 saturated heterocycles. The molecule has 0 radical (unpaired) electrons. The molecule has 2 aliphatic rings. The highest BCUT2D eigenvalue weighted by Gasteiger charge is 2.40. The summed E-state index contributed by atoms with van der Waals surface area (Å²) < 4.78 is 36.7. The van der Waals surface area contributed by atoms with Crippen LogP contribution >= 0.6 is 0 Å². The Bertz CT molecular complexity index is 1440. The van der Waals surface area contributed by atoms with Crippen LogP contribution in [0.1, 0.15) is 46.6 Å². The minimum absolute atomic E-state index is 0.0392. The molecule has 7 nitrogen and oxygen atoms in total. The lowest BCUT2D eigenvalue weighted by atomic mass is 9.93. The summed E-state index contributed by atoms with van der Waals surface area (Å²) in [5.74, 6) is -3.57. The molecule has 2 atom stereocenters. The second-order valence-corrected chi connectivity index (χ2v) is 8.83. The van der Waals surface area contributed by atoms with Crippen LogP contribution in [-0.2, 0) is 0 Å². The van der Waals surface area contributed by atoms with Gasteiger partial charge in [-0.05, 0) is 42.7 Å². The number of aromatic nitrogens is 1. The van der Waals surface area contributed by atoms with Crippen LogP contribution in [0.4, 0.5) is 8.78 Å². The number of carbonyl (C=O) groups excluding carboxylic acids is 1. The fraction of sp³-hybridized carbons (Fsp3) is 0.259. The van der Waals surface area contributed by atoms with Crippen LogP contribution < -0.4 is 15.2 Å². The van der Waals surface area contributed by atoms with E-state index >= 15 is 4.39 Å². The van der Waals surface area contributed by atoms with E-state index in [0.717, 1.165) is 17.2 Å². The fourth-order valence-corrected chi connectivity index (χ4v) is 4.91. The molecule has 0 fully saturated rings. The van der Waals surface area contributed by atoms with E-state index in [1.807, 2.05) is 38.1 Å². The molecule has 3 heterocycles. The smallest absolute Gasteiger partial charge is 0.278 e. The van der Waals surface area contributed by atoms with Crippen LogP contribution in [0.3, 0.4) is 0 Å². The number of halogens is 2. The van der Waals surface area contributed by atoms with Crippen molar-refractivity contribution < 1.29 is 23.4 Å². The molecule has 5 rings (SSSR count). The second-order valence-electron chi connectivity index (χ2n) is 8.83. The van der Waals surface area contributed by atoms with Crippen molar-refractivity contribution in [2.45, 2.75) is 32.4 Å². The summed E-state index contributed by atoms with van der Waals surface area (Å²) in [6.45, 7) is 3.81. The summed E-state index contributed by atoms with van der Waals surface area (Å²) in [5, 5.41) is 12.4. The van der Waals surface area contributed by atoms with Crippen LogP contribution in [0.15, 0.2) is 65.6 Å². The number of ether oxygens (including phenoxy) is 1. The number of hydrogen-bond acceptors (Lipinski definition) is 5. The maximum atomic E-state index is 15.2. The number of carbonyl (C=O) groups is 1. The molecule has 1 amide bonds. The lowest BCUT2D eigenvalue weighted by molar-refractivity contribution is 0.0626. The van der Waals surface area contributed by atoms with Gasteiger partial charge < -0.3 is 14.7 Å². The quantitative estimate of drug-likeness (QED) is 0.546. The number of fused-ring (bicyclic) bond motifs is 5. The Morgan fingerprint density at radius 3 is 2.61 bits per heavy atom. The maximum Gasteiger partial charge on any atom is 0.278 e. The van der Waals surface area contributed by atoms with Crippen molar-refractivity contribution >= 4 is 5.91 Å². The molecule has 2 aliphatic heterocycles. The molecule has 9 heteroatoms. The Morgan fingerprint density at radius 2 is 1.86 bits per heavy atom. The zero-order valence-corrected chi connectivity index (χ0v) is 19.8. The largest absolute Gasteiger partial charge is 0.502 e. The number of pyridine rings is 1. The molecule has 0 aliphatic carbocycles. The first kappa shape index (κ1) is 23.6. The zero-order valence-electron chi connectivity index (χ0n) is 19.8. The zero-order chi connectivity index (χ0) is 25.6. The molecule has 0 spiro atoms. The van der Waals surface area contributed by atoms with Crippen LogP contribution in [0.25, 0.3) is 0 Å². The molecule has 1 N–H and O–H groups in total. The molecule has 1 aromatic heterocycles. The van der Waals surface area contributed by atoms with Gasteiger partial charge in [0.25, 0.3) is 5.91 Å². The molecule has 186 valence electrons. The molecule has 3 aromatic rings. The van der Waals surface area contributed by atoms with Crippen molar-refractivity contribution in [2.75, 3.05) is 18.3 Å². The van der Waals surface area contributed by atoms with Crippen LogP contribution in [0.5, 0.6) is 11.5 Å². The van der Waals surface area contributed by atoms with Crippen LogP contribution in [0.2, 0.25) is 0 Å². The van der Waals surface area contributed by atoms with Crippen LogP contribution in [-0.4, -0.2) is 39.9 Å². The third-order valence-electron chi connectivity index (χ3n) is 6.75. The molecule has 36 heavy (non-hydrogen) atoms. The third-order valence-corrected chi connectivity index (χ3v) is 6.75. The highest BCUT2D eigenvalue weighted by atomic mass is 19.2. The monoisotopic (exact) mass is 493 g/mol. The minimum atomic E-state index is -1.11. The lowest BCUT2D eigenvalue weighted by Crippen LogP contribution is -2.57. The van der Waals surface area contributed by atoms with E-state index in [2.05, 4.69) is 0 Å². The summed E-state index contributed by atoms with van der Waals surface area (Å²) >= 11 is 0. The summed E-state index contributed by atoms with van der Waals surface area (Å²) in [6, 6.07) is 9.98. The van der Waals surface area contributed by atoms with E-state index < -0.39 is 40.8 Å². The van der Waals surface area contributed by atoms with Gasteiger partial charge in [-0.25, -0.2) is 4.39 Å². The number of nitrogens with zero attached hydrogens (tertiary/aromatic N) is 3. The first-order chi connectivity index (χ1) is 17.3. The van der Waals surface area contributed by atoms with E-state index in [4.69, 9.17) is 4.74 Å². The van der Waals surface area contributed by atoms with E-state index in [1.54, 1.807) is 22.1 Å². The standard InChI is InChI=1S/C27H25F2N3O4/c1-3-17-8-6-14-36-26-19(10-11-20(28)22(26)29)23(18-9-5-4-7-16(18)2)32-15-30(17)27(35)24-25(34)21(33)12-13-31(24)32/h4-13,17,23,34H,3,14-15H2,1-2H3/b8-6-/t17-,23-/m0/s1. The van der Waals surface area contributed by atoms with Crippen molar-refractivity contribution in [2.24, 2.45) is 0 Å². The van der Waals surface area contributed by atoms with Gasteiger partial charge in [0.05, 0.1) is 6.04 Å². The van der Waals surface area contributed by atoms with Gasteiger partial charge in [-0.15, -0.1) is 0 Å². The van der Waals surface area contributed by atoms with Crippen molar-refractivity contribution in [3.63, 3.8) is 0 Å². The predicted octanol–water partition coefficient (Wildman–Crippen LogP) is 4.01. The van der Waals surface area contributed by atoms with Crippen molar-refractivity contribution in [1.29, 1.82) is 0 Å². The van der Waals surface area contributed by atoms with E-state index in [9.17, 15) is 19.1 Å². The van der Waals surface area contributed by atoms with Crippen LogP contribution in [0, 0.1) is 18.6 Å². The molecule has 2 aromatic carbocycles. The van der Waals surface area contributed by atoms with Crippen molar-refractivity contribution in [1.82, 2.24) is 9.58 Å². The highest BCUT2D eigenvalue weighted by molar-refractivity contribution is 5.96. The lowest BCUT2D eigenvalue weighted by Gasteiger charge is -2.46. The van der Waals surface area contributed by atoms with Gasteiger partial charge in [0.1, 0.15) is 19.3 Å². The SMILES string of the molecule is CC[C@H]1/C=C\COc2c(ccc(F)c2F)[C@H](c2ccccc2C)N2CN1C(=O)c1c(O)c(=O)ccn12. The maximum absolute atomic E-state index is 15.2. The topological polar surface area (TPSA) is 75.0 Å². The first-order valence-corrected chi connectivity index (χ1v) is 11.7. The summed E-state index contributed by atoms with van der Waals surface area (Å²) in [6.07, 6.45) is 5.36. The minimum Gasteiger partial charge on any atom is -0.502 e. The number of hydrogen-bond donors (Lipinski definition) is 1. The fourth-order valence-electron chi connectivity index (χ4n) is 4.91.